The summed E-state index contributed by atoms with van der Waals surface area (Å²) in [6.07, 6.45) is 41.8. The lowest BCUT2D eigenvalue weighted by Crippen LogP contribution is -2.17. The first kappa shape index (κ1) is 37.9. The molecule has 0 bridgehead atoms. The van der Waals surface area contributed by atoms with Gasteiger partial charge in [0.15, 0.2) is 0 Å². The van der Waals surface area contributed by atoms with Gasteiger partial charge in [0.2, 0.25) is 0 Å². The quantitative estimate of drug-likeness (QED) is 0.0563. The van der Waals surface area contributed by atoms with Crippen molar-refractivity contribution in [2.75, 3.05) is 0 Å². The van der Waals surface area contributed by atoms with E-state index >= 15 is 0 Å². The van der Waals surface area contributed by atoms with Crippen molar-refractivity contribution in [2.45, 2.75) is 168 Å². The largest absolute Gasteiger partial charge is 0.481 e. The molecule has 230 valence electrons. The fourth-order valence-electron chi connectivity index (χ4n) is 4.58. The second-order valence-electron chi connectivity index (χ2n) is 11.0. The van der Waals surface area contributed by atoms with Crippen LogP contribution in [-0.4, -0.2) is 23.1 Å². The third-order valence-corrected chi connectivity index (χ3v) is 7.01. The second kappa shape index (κ2) is 31.4. The average molecular weight is 559 g/mol. The number of aliphatic carboxylic acids is 1. The molecule has 0 heterocycles. The SMILES string of the molecule is CCCCC/C=C\C/C=C\CCCCCCCC(=O)O[C@H](C/C=C\C/C=C\CCCCCCCC(=O)O)CCC. The van der Waals surface area contributed by atoms with Crippen molar-refractivity contribution in [2.24, 2.45) is 0 Å². The molecule has 0 aliphatic carbocycles. The molecule has 4 heteroatoms. The highest BCUT2D eigenvalue weighted by atomic mass is 16.5. The molecule has 0 unspecified atom stereocenters. The number of unbranched alkanes of at least 4 members (excludes halogenated alkanes) is 13. The molecule has 0 spiro atoms. The van der Waals surface area contributed by atoms with E-state index in [2.05, 4.69) is 62.5 Å². The van der Waals surface area contributed by atoms with E-state index in [9.17, 15) is 9.59 Å². The van der Waals surface area contributed by atoms with E-state index in [4.69, 9.17) is 9.84 Å². The topological polar surface area (TPSA) is 63.6 Å². The van der Waals surface area contributed by atoms with Gasteiger partial charge in [-0.1, -0.05) is 120 Å². The zero-order valence-electron chi connectivity index (χ0n) is 26.1. The Hall–Kier alpha value is -2.10. The minimum Gasteiger partial charge on any atom is -0.481 e. The zero-order valence-corrected chi connectivity index (χ0v) is 26.1. The number of allylic oxidation sites excluding steroid dienone is 7. The van der Waals surface area contributed by atoms with Gasteiger partial charge in [0, 0.05) is 19.3 Å². The van der Waals surface area contributed by atoms with Crippen LogP contribution in [0.25, 0.3) is 0 Å². The predicted octanol–water partition coefficient (Wildman–Crippen LogP) is 11.2. The summed E-state index contributed by atoms with van der Waals surface area (Å²) in [5, 5.41) is 8.64. The van der Waals surface area contributed by atoms with Gasteiger partial charge in [-0.25, -0.2) is 0 Å². The molecule has 40 heavy (non-hydrogen) atoms. The summed E-state index contributed by atoms with van der Waals surface area (Å²) in [6.45, 7) is 4.38. The van der Waals surface area contributed by atoms with E-state index < -0.39 is 5.97 Å². The Morgan fingerprint density at radius 2 is 1.05 bits per heavy atom. The van der Waals surface area contributed by atoms with E-state index in [0.29, 0.717) is 12.8 Å². The van der Waals surface area contributed by atoms with Crippen LogP contribution in [0.5, 0.6) is 0 Å². The van der Waals surface area contributed by atoms with Crippen LogP contribution in [0, 0.1) is 0 Å². The standard InChI is InChI=1S/C36H62O4/c1-3-5-6-7-8-9-10-11-12-13-17-20-23-26-29-33-36(39)40-34(30-4-2)31-27-24-21-18-15-14-16-19-22-25-28-32-35(37)38/h8-9,11-12,15,18,24,27,34H,3-7,10,13-14,16-17,19-23,25-26,28-33H2,1-2H3,(H,37,38)/b9-8-,12-11-,18-15-,27-24-/t34-/m0/s1. The lowest BCUT2D eigenvalue weighted by Gasteiger charge is -2.15. The third kappa shape index (κ3) is 30.4. The van der Waals surface area contributed by atoms with Crippen molar-refractivity contribution in [3.8, 4) is 0 Å². The molecule has 0 aliphatic rings. The number of esters is 1. The fraction of sp³-hybridized carbons (Fsp3) is 0.722. The smallest absolute Gasteiger partial charge is 0.306 e. The third-order valence-electron chi connectivity index (χ3n) is 7.01. The van der Waals surface area contributed by atoms with E-state index in [1.807, 2.05) is 0 Å². The van der Waals surface area contributed by atoms with Gasteiger partial charge in [-0.15, -0.1) is 0 Å². The van der Waals surface area contributed by atoms with Crippen LogP contribution in [0.3, 0.4) is 0 Å². The Morgan fingerprint density at radius 3 is 1.57 bits per heavy atom. The van der Waals surface area contributed by atoms with Gasteiger partial charge in [-0.3, -0.25) is 9.59 Å². The molecule has 0 amide bonds. The highest BCUT2D eigenvalue weighted by Gasteiger charge is 2.12. The monoisotopic (exact) mass is 558 g/mol. The van der Waals surface area contributed by atoms with Crippen molar-refractivity contribution >= 4 is 11.9 Å². The fourth-order valence-corrected chi connectivity index (χ4v) is 4.58. The molecule has 0 aliphatic heterocycles. The zero-order chi connectivity index (χ0) is 29.4. The number of carboxylic acid groups (broad SMARTS) is 1. The van der Waals surface area contributed by atoms with Crippen LogP contribution in [0.2, 0.25) is 0 Å². The summed E-state index contributed by atoms with van der Waals surface area (Å²) in [7, 11) is 0. The number of ether oxygens (including phenoxy) is 1. The van der Waals surface area contributed by atoms with E-state index in [-0.39, 0.29) is 12.1 Å². The number of hydrogen-bond acceptors (Lipinski definition) is 3. The van der Waals surface area contributed by atoms with Gasteiger partial charge in [-0.2, -0.15) is 0 Å². The van der Waals surface area contributed by atoms with E-state index in [1.54, 1.807) is 0 Å². The van der Waals surface area contributed by atoms with Gasteiger partial charge in [0.1, 0.15) is 6.10 Å². The van der Waals surface area contributed by atoms with Crippen LogP contribution in [0.1, 0.15) is 162 Å². The number of hydrogen-bond donors (Lipinski definition) is 1. The highest BCUT2D eigenvalue weighted by Crippen LogP contribution is 2.13. The number of carbonyl (C=O) groups excluding carboxylic acids is 1. The molecule has 1 atom stereocenters. The summed E-state index contributed by atoms with van der Waals surface area (Å²) in [4.78, 5) is 22.8. The highest BCUT2D eigenvalue weighted by molar-refractivity contribution is 5.69. The Labute approximate surface area is 247 Å². The van der Waals surface area contributed by atoms with Gasteiger partial charge in [-0.05, 0) is 70.6 Å². The first-order chi connectivity index (χ1) is 19.6. The normalized spacial score (nSPS) is 12.8. The summed E-state index contributed by atoms with van der Waals surface area (Å²) >= 11 is 0. The van der Waals surface area contributed by atoms with Gasteiger partial charge in [0.25, 0.3) is 0 Å². The molecule has 0 radical (unpaired) electrons. The minimum atomic E-state index is -0.692. The molecule has 4 nitrogen and oxygen atoms in total. The van der Waals surface area contributed by atoms with Crippen LogP contribution < -0.4 is 0 Å². The predicted molar refractivity (Wildman–Crippen MR) is 172 cm³/mol. The van der Waals surface area contributed by atoms with Crippen molar-refractivity contribution in [3.63, 3.8) is 0 Å². The molecule has 0 aromatic heterocycles. The summed E-state index contributed by atoms with van der Waals surface area (Å²) in [5.74, 6) is -0.733. The number of carboxylic acids is 1. The molecule has 0 fully saturated rings. The van der Waals surface area contributed by atoms with Gasteiger partial charge in [0.05, 0.1) is 0 Å². The van der Waals surface area contributed by atoms with Crippen molar-refractivity contribution in [1.82, 2.24) is 0 Å². The molecule has 0 aromatic rings. The summed E-state index contributed by atoms with van der Waals surface area (Å²) < 4.78 is 5.77. The van der Waals surface area contributed by atoms with E-state index in [1.165, 1.54) is 51.4 Å². The molecular weight excluding hydrogens is 496 g/mol. The molecule has 1 N–H and O–H groups in total. The maximum atomic E-state index is 12.3. The average Bonchev–Trinajstić information content (AvgIpc) is 2.93. The van der Waals surface area contributed by atoms with Crippen molar-refractivity contribution in [3.05, 3.63) is 48.6 Å². The number of carbonyl (C=O) groups is 2. The Kier molecular flexibility index (Phi) is 29.8. The maximum absolute atomic E-state index is 12.3. The number of rotatable bonds is 29. The summed E-state index contributed by atoms with van der Waals surface area (Å²) in [6, 6.07) is 0. The summed E-state index contributed by atoms with van der Waals surface area (Å²) in [5.41, 5.74) is 0. The maximum Gasteiger partial charge on any atom is 0.306 e. The van der Waals surface area contributed by atoms with Crippen LogP contribution in [0.15, 0.2) is 48.6 Å². The lowest BCUT2D eigenvalue weighted by atomic mass is 10.1. The van der Waals surface area contributed by atoms with Crippen LogP contribution >= 0.6 is 0 Å². The van der Waals surface area contributed by atoms with Gasteiger partial charge >= 0.3 is 11.9 Å². The Morgan fingerprint density at radius 1 is 0.575 bits per heavy atom. The molecule has 0 rings (SSSR count). The molecular formula is C36H62O4. The van der Waals surface area contributed by atoms with E-state index in [0.717, 1.165) is 83.5 Å². The molecule has 0 saturated heterocycles. The Bertz CT molecular complexity index is 689. The first-order valence-electron chi connectivity index (χ1n) is 16.6. The van der Waals surface area contributed by atoms with Crippen LogP contribution in [-0.2, 0) is 14.3 Å². The lowest BCUT2D eigenvalue weighted by molar-refractivity contribution is -0.149. The van der Waals surface area contributed by atoms with Crippen LogP contribution in [0.4, 0.5) is 0 Å². The Balaban J connectivity index is 3.74. The molecule has 0 saturated carbocycles. The van der Waals surface area contributed by atoms with Crippen molar-refractivity contribution < 1.29 is 19.4 Å². The minimum absolute atomic E-state index is 0.00294. The first-order valence-corrected chi connectivity index (χ1v) is 16.6. The van der Waals surface area contributed by atoms with Crippen molar-refractivity contribution in [1.29, 1.82) is 0 Å². The second-order valence-corrected chi connectivity index (χ2v) is 11.0. The molecule has 0 aromatic carbocycles. The van der Waals surface area contributed by atoms with Gasteiger partial charge < -0.3 is 9.84 Å².